The maximum absolute atomic E-state index is 14.6. The zero-order chi connectivity index (χ0) is 31.9. The van der Waals surface area contributed by atoms with Crippen molar-refractivity contribution >= 4 is 39.6 Å². The van der Waals surface area contributed by atoms with E-state index >= 15 is 0 Å². The van der Waals surface area contributed by atoms with E-state index in [1.165, 1.54) is 4.90 Å². The number of halogens is 1. The smallest absolute Gasteiger partial charge is 0.313 e. The molecule has 4 aliphatic rings. The average Bonchev–Trinajstić information content (AvgIpc) is 3.56. The van der Waals surface area contributed by atoms with Gasteiger partial charge in [-0.05, 0) is 44.7 Å². The number of aliphatic hydroxyl groups is 1. The zero-order valence-corrected chi connectivity index (χ0v) is 27.4. The van der Waals surface area contributed by atoms with Crippen LogP contribution in [0.1, 0.15) is 59.1 Å². The highest BCUT2D eigenvalue weighted by Gasteiger charge is 2.75. The highest BCUT2D eigenvalue weighted by Crippen LogP contribution is 2.59. The van der Waals surface area contributed by atoms with Gasteiger partial charge < -0.3 is 29.7 Å². The van der Waals surface area contributed by atoms with Gasteiger partial charge in [-0.1, -0.05) is 72.3 Å². The van der Waals surface area contributed by atoms with Crippen molar-refractivity contribution in [3.05, 3.63) is 58.6 Å². The molecule has 10 nitrogen and oxygen atoms in total. The molecule has 0 unspecified atom stereocenters. The molecular formula is C33H42BrN3O7. The van der Waals surface area contributed by atoms with Gasteiger partial charge in [0.05, 0.1) is 24.6 Å². The predicted molar refractivity (Wildman–Crippen MR) is 166 cm³/mol. The number of likely N-dealkylation sites (tertiary alicyclic amines) is 1. The first-order valence-electron chi connectivity index (χ1n) is 15.4. The van der Waals surface area contributed by atoms with E-state index in [0.717, 1.165) is 0 Å². The zero-order valence-electron chi connectivity index (χ0n) is 25.8. The van der Waals surface area contributed by atoms with Gasteiger partial charge in [0.2, 0.25) is 17.7 Å². The first-order chi connectivity index (χ1) is 20.9. The molecule has 4 aliphatic heterocycles. The van der Waals surface area contributed by atoms with Gasteiger partial charge in [-0.15, -0.1) is 0 Å². The van der Waals surface area contributed by atoms with Crippen LogP contribution < -0.4 is 5.32 Å². The van der Waals surface area contributed by atoms with E-state index in [9.17, 15) is 24.3 Å². The number of amides is 3. The summed E-state index contributed by atoms with van der Waals surface area (Å²) in [7, 11) is 0. The maximum Gasteiger partial charge on any atom is 0.313 e. The lowest BCUT2D eigenvalue weighted by molar-refractivity contribution is -0.162. The Kier molecular flexibility index (Phi) is 9.39. The van der Waals surface area contributed by atoms with E-state index in [4.69, 9.17) is 9.47 Å². The van der Waals surface area contributed by atoms with E-state index in [2.05, 4.69) is 21.2 Å². The summed E-state index contributed by atoms with van der Waals surface area (Å²) in [4.78, 5) is 59.4. The number of hydrogen-bond acceptors (Lipinski definition) is 7. The van der Waals surface area contributed by atoms with Gasteiger partial charge in [-0.3, -0.25) is 19.2 Å². The summed E-state index contributed by atoms with van der Waals surface area (Å²) in [5.74, 6) is -3.86. The van der Waals surface area contributed by atoms with E-state index in [1.54, 1.807) is 17.9 Å². The van der Waals surface area contributed by atoms with E-state index in [-0.39, 0.29) is 43.3 Å². The van der Waals surface area contributed by atoms with Crippen LogP contribution in [0.15, 0.2) is 53.0 Å². The van der Waals surface area contributed by atoms with Gasteiger partial charge in [0.1, 0.15) is 29.8 Å². The molecule has 8 atom stereocenters. The second-order valence-corrected chi connectivity index (χ2v) is 13.7. The Morgan fingerprint density at radius 3 is 2.39 bits per heavy atom. The summed E-state index contributed by atoms with van der Waals surface area (Å²) in [6, 6.07) is 6.59. The number of cyclic esters (lactones) is 1. The van der Waals surface area contributed by atoms with Crippen LogP contribution in [0.2, 0.25) is 0 Å². The number of esters is 1. The SMILES string of the molecule is CC(C)[C@H](CO)N1C(=O)[C@H]2[C@@H]3C(=O)O[C@H](c4ccccc4)[C@@H](C)NC(=O)CC/C=C\CN(C(C)C)C(=O)[C@H]1[C@@]21C=C(Br)[C@@H]3O1. The number of ether oxygens (including phenoxy) is 2. The van der Waals surface area contributed by atoms with Crippen LogP contribution >= 0.6 is 15.9 Å². The lowest BCUT2D eigenvalue weighted by atomic mass is 9.74. The summed E-state index contributed by atoms with van der Waals surface area (Å²) in [5.41, 5.74) is -0.740. The maximum atomic E-state index is 14.6. The van der Waals surface area contributed by atoms with Crippen LogP contribution in [0.4, 0.5) is 0 Å². The van der Waals surface area contributed by atoms with Crippen LogP contribution in [-0.4, -0.2) is 87.6 Å². The predicted octanol–water partition coefficient (Wildman–Crippen LogP) is 3.25. The summed E-state index contributed by atoms with van der Waals surface area (Å²) < 4.78 is 13.3. The number of fused-ring (bicyclic) bond motifs is 2. The number of carbonyl (C=O) groups excluding carboxylic acids is 4. The number of aliphatic hydroxyl groups excluding tert-OH is 1. The Morgan fingerprint density at radius 1 is 1.05 bits per heavy atom. The second-order valence-electron chi connectivity index (χ2n) is 12.8. The molecule has 0 radical (unpaired) electrons. The van der Waals surface area contributed by atoms with Gasteiger partial charge in [0.25, 0.3) is 0 Å². The minimum absolute atomic E-state index is 0.179. The quantitative estimate of drug-likeness (QED) is 0.364. The Hall–Kier alpha value is -3.02. The molecule has 2 saturated heterocycles. The van der Waals surface area contributed by atoms with E-state index in [1.807, 2.05) is 70.2 Å². The molecule has 1 aromatic carbocycles. The fraction of sp³-hybridized carbons (Fsp3) is 0.576. The summed E-state index contributed by atoms with van der Waals surface area (Å²) >= 11 is 3.58. The van der Waals surface area contributed by atoms with Gasteiger partial charge in [-0.2, -0.15) is 0 Å². The molecule has 0 aromatic heterocycles. The number of nitrogens with zero attached hydrogens (tertiary/aromatic N) is 2. The molecule has 5 rings (SSSR count). The normalized spacial score (nSPS) is 34.2. The number of nitrogens with one attached hydrogen (secondary N) is 1. The van der Waals surface area contributed by atoms with Crippen molar-refractivity contribution < 1.29 is 33.8 Å². The van der Waals surface area contributed by atoms with E-state index in [0.29, 0.717) is 16.5 Å². The van der Waals surface area contributed by atoms with Crippen molar-refractivity contribution in [1.82, 2.24) is 15.1 Å². The third-order valence-electron chi connectivity index (χ3n) is 9.31. The molecule has 5 bridgehead atoms. The number of rotatable bonds is 5. The van der Waals surface area contributed by atoms with Crippen LogP contribution in [0.25, 0.3) is 0 Å². The molecule has 3 amide bonds. The second kappa shape index (κ2) is 12.8. The average molecular weight is 673 g/mol. The van der Waals surface area contributed by atoms with Crippen LogP contribution in [0.3, 0.4) is 0 Å². The van der Waals surface area contributed by atoms with Gasteiger partial charge >= 0.3 is 5.97 Å². The molecule has 0 saturated carbocycles. The van der Waals surface area contributed by atoms with E-state index < -0.39 is 59.6 Å². The molecule has 0 aliphatic carbocycles. The molecule has 2 N–H and O–H groups in total. The van der Waals surface area contributed by atoms with Gasteiger partial charge in [0, 0.05) is 23.5 Å². The summed E-state index contributed by atoms with van der Waals surface area (Å²) in [5, 5.41) is 13.5. The molecule has 1 spiro atoms. The topological polar surface area (TPSA) is 125 Å². The van der Waals surface area contributed by atoms with Crippen molar-refractivity contribution in [2.24, 2.45) is 17.8 Å². The monoisotopic (exact) mass is 671 g/mol. The van der Waals surface area contributed by atoms with Crippen molar-refractivity contribution in [3.8, 4) is 0 Å². The Bertz CT molecular complexity index is 1350. The van der Waals surface area contributed by atoms with Crippen LogP contribution in [0, 0.1) is 17.8 Å². The number of allylic oxidation sites excluding steroid dienone is 1. The van der Waals surface area contributed by atoms with Crippen molar-refractivity contribution in [2.75, 3.05) is 13.2 Å². The van der Waals surface area contributed by atoms with Crippen molar-refractivity contribution in [3.63, 3.8) is 0 Å². The van der Waals surface area contributed by atoms with Crippen LogP contribution in [0.5, 0.6) is 0 Å². The molecule has 1 aromatic rings. The molecule has 238 valence electrons. The molecule has 2 fully saturated rings. The lowest BCUT2D eigenvalue weighted by Gasteiger charge is -2.40. The Balaban J connectivity index is 1.65. The van der Waals surface area contributed by atoms with Crippen molar-refractivity contribution in [2.45, 2.75) is 89.4 Å². The molecule has 4 heterocycles. The minimum Gasteiger partial charge on any atom is -0.455 e. The first-order valence-corrected chi connectivity index (χ1v) is 16.2. The van der Waals surface area contributed by atoms with Gasteiger partial charge in [-0.25, -0.2) is 0 Å². The minimum atomic E-state index is -1.43. The number of benzene rings is 1. The molecular weight excluding hydrogens is 630 g/mol. The highest BCUT2D eigenvalue weighted by atomic mass is 79.9. The fourth-order valence-corrected chi connectivity index (χ4v) is 7.86. The van der Waals surface area contributed by atoms with Gasteiger partial charge in [0.15, 0.2) is 0 Å². The fourth-order valence-electron chi connectivity index (χ4n) is 7.12. The van der Waals surface area contributed by atoms with Crippen LogP contribution in [-0.2, 0) is 28.7 Å². The summed E-state index contributed by atoms with van der Waals surface area (Å²) in [6.07, 6.45) is 4.51. The molecule has 44 heavy (non-hydrogen) atoms. The summed E-state index contributed by atoms with van der Waals surface area (Å²) in [6.45, 7) is 9.26. The highest BCUT2D eigenvalue weighted by molar-refractivity contribution is 9.11. The largest absolute Gasteiger partial charge is 0.455 e. The number of carbonyl (C=O) groups is 4. The number of hydrogen-bond donors (Lipinski definition) is 2. The Labute approximate surface area is 266 Å². The third kappa shape index (κ3) is 5.51. The lowest BCUT2D eigenvalue weighted by Crippen LogP contribution is -2.60. The van der Waals surface area contributed by atoms with Crippen molar-refractivity contribution in [1.29, 1.82) is 0 Å². The third-order valence-corrected chi connectivity index (χ3v) is 9.99. The Morgan fingerprint density at radius 2 is 1.75 bits per heavy atom. The standard InChI is InChI=1S/C33H42BrN3O7/c1-18(2)23(17-38)37-29-31(41)36(19(3)4)15-11-7-10-14-24(39)35-20(5)27(21-12-8-6-9-13-21)43-32(42)25-26(30(37)40)33(29)16-22(34)28(25)44-33/h6-9,11-13,16,18-20,23,25-29,38H,10,14-15,17H2,1-5H3,(H,35,39)/b11-7-/t20-,23+,25+,26-,27+,28+,29+,33-/m1/s1. The molecule has 11 heteroatoms. The first kappa shape index (κ1) is 32.4.